The van der Waals surface area contributed by atoms with E-state index in [0.717, 1.165) is 12.1 Å². The van der Waals surface area contributed by atoms with E-state index >= 15 is 0 Å². The maximum absolute atomic E-state index is 13.3. The number of anilines is 1. The number of aromatic hydroxyl groups is 1. The minimum Gasteiger partial charge on any atom is -0.508 e. The van der Waals surface area contributed by atoms with E-state index in [1.165, 1.54) is 6.07 Å². The van der Waals surface area contributed by atoms with Gasteiger partial charge < -0.3 is 16.2 Å². The van der Waals surface area contributed by atoms with Gasteiger partial charge in [-0.1, -0.05) is 11.6 Å². The van der Waals surface area contributed by atoms with Gasteiger partial charge >= 0.3 is 0 Å². The smallest absolute Gasteiger partial charge is 0.244 e. The summed E-state index contributed by atoms with van der Waals surface area (Å²) in [6.07, 6.45) is 0. The highest BCUT2D eigenvalue weighted by Crippen LogP contribution is 2.30. The molecule has 7 heteroatoms. The number of nitrogens with two attached hydrogens (primary N) is 1. The first-order chi connectivity index (χ1) is 9.88. The molecule has 0 aliphatic rings. The number of halogens is 3. The summed E-state index contributed by atoms with van der Waals surface area (Å²) in [5, 5.41) is 13.1. The van der Waals surface area contributed by atoms with E-state index in [1.54, 1.807) is 18.2 Å². The van der Waals surface area contributed by atoms with Gasteiger partial charge in [-0.15, -0.1) is 0 Å². The molecule has 0 saturated carbocycles. The number of hydrogen-bond donors (Lipinski definition) is 3. The van der Waals surface area contributed by atoms with Crippen molar-refractivity contribution in [3.05, 3.63) is 57.3 Å². The van der Waals surface area contributed by atoms with Gasteiger partial charge in [-0.2, -0.15) is 0 Å². The van der Waals surface area contributed by atoms with Crippen LogP contribution in [0, 0.1) is 5.82 Å². The van der Waals surface area contributed by atoms with Crippen molar-refractivity contribution in [2.24, 2.45) is 5.73 Å². The van der Waals surface area contributed by atoms with Gasteiger partial charge in [0.2, 0.25) is 5.91 Å². The summed E-state index contributed by atoms with van der Waals surface area (Å²) in [4.78, 5) is 11.6. The SMILES string of the molecule is NC(=O)C(Nc1ccc(Cl)c(Br)c1)c1cc(F)ccc1O. The fourth-order valence-electron chi connectivity index (χ4n) is 1.81. The molecule has 1 atom stereocenters. The second-order valence-electron chi connectivity index (χ2n) is 4.31. The molecule has 0 spiro atoms. The molecule has 0 radical (unpaired) electrons. The molecular formula is C14H11BrClFN2O2. The van der Waals surface area contributed by atoms with Crippen LogP contribution >= 0.6 is 27.5 Å². The molecule has 21 heavy (non-hydrogen) atoms. The number of carbonyl (C=O) groups excluding carboxylic acids is 1. The van der Waals surface area contributed by atoms with E-state index in [-0.39, 0.29) is 11.3 Å². The van der Waals surface area contributed by atoms with Crippen LogP contribution in [0.3, 0.4) is 0 Å². The van der Waals surface area contributed by atoms with E-state index in [1.807, 2.05) is 0 Å². The third-order valence-electron chi connectivity index (χ3n) is 2.82. The second-order valence-corrected chi connectivity index (χ2v) is 5.57. The predicted octanol–water partition coefficient (Wildman–Crippen LogP) is 3.59. The average molecular weight is 374 g/mol. The van der Waals surface area contributed by atoms with Gasteiger partial charge in [0.05, 0.1) is 5.02 Å². The molecule has 2 aromatic carbocycles. The van der Waals surface area contributed by atoms with Crippen LogP contribution < -0.4 is 11.1 Å². The van der Waals surface area contributed by atoms with Crippen LogP contribution in [0.1, 0.15) is 11.6 Å². The first kappa shape index (κ1) is 15.6. The van der Waals surface area contributed by atoms with Crippen LogP contribution in [0.25, 0.3) is 0 Å². The normalized spacial score (nSPS) is 12.0. The van der Waals surface area contributed by atoms with Crippen molar-refractivity contribution < 1.29 is 14.3 Å². The first-order valence-corrected chi connectivity index (χ1v) is 7.05. The fourth-order valence-corrected chi connectivity index (χ4v) is 2.31. The first-order valence-electron chi connectivity index (χ1n) is 5.88. The molecule has 1 unspecified atom stereocenters. The third-order valence-corrected chi connectivity index (χ3v) is 4.03. The standard InChI is InChI=1S/C14H11BrClFN2O2/c15-10-6-8(2-3-11(10)16)19-13(14(18)21)9-5-7(17)1-4-12(9)20/h1-6,13,19-20H,(H2,18,21). The Hall–Kier alpha value is -1.79. The maximum atomic E-state index is 13.3. The largest absolute Gasteiger partial charge is 0.508 e. The molecule has 0 fully saturated rings. The minimum atomic E-state index is -1.08. The quantitative estimate of drug-likeness (QED) is 0.767. The highest BCUT2D eigenvalue weighted by molar-refractivity contribution is 9.10. The number of amides is 1. The van der Waals surface area contributed by atoms with Gasteiger partial charge in [0, 0.05) is 15.7 Å². The number of hydrogen-bond acceptors (Lipinski definition) is 3. The molecule has 0 aliphatic heterocycles. The van der Waals surface area contributed by atoms with E-state index in [4.69, 9.17) is 17.3 Å². The molecule has 0 bridgehead atoms. The van der Waals surface area contributed by atoms with Crippen LogP contribution in [0.15, 0.2) is 40.9 Å². The van der Waals surface area contributed by atoms with Crippen LogP contribution in [-0.4, -0.2) is 11.0 Å². The zero-order valence-electron chi connectivity index (χ0n) is 10.6. The molecule has 0 heterocycles. The zero-order chi connectivity index (χ0) is 15.6. The maximum Gasteiger partial charge on any atom is 0.244 e. The topological polar surface area (TPSA) is 75.4 Å². The Morgan fingerprint density at radius 1 is 1.33 bits per heavy atom. The Labute approximate surface area is 133 Å². The van der Waals surface area contributed by atoms with Crippen LogP contribution in [0.4, 0.5) is 10.1 Å². The van der Waals surface area contributed by atoms with E-state index < -0.39 is 17.8 Å². The van der Waals surface area contributed by atoms with Gasteiger partial charge in [-0.25, -0.2) is 4.39 Å². The summed E-state index contributed by atoms with van der Waals surface area (Å²) in [6.45, 7) is 0. The van der Waals surface area contributed by atoms with Crippen LogP contribution in [0.5, 0.6) is 5.75 Å². The van der Waals surface area contributed by atoms with Crippen molar-refractivity contribution in [3.63, 3.8) is 0 Å². The van der Waals surface area contributed by atoms with Gasteiger partial charge in [0.15, 0.2) is 0 Å². The molecule has 2 rings (SSSR count). The van der Waals surface area contributed by atoms with Gasteiger partial charge in [0.1, 0.15) is 17.6 Å². The molecule has 2 aromatic rings. The minimum absolute atomic E-state index is 0.0635. The number of primary amides is 1. The summed E-state index contributed by atoms with van der Waals surface area (Å²) in [7, 11) is 0. The molecule has 110 valence electrons. The molecule has 0 saturated heterocycles. The Morgan fingerprint density at radius 3 is 2.67 bits per heavy atom. The molecule has 1 amide bonds. The van der Waals surface area contributed by atoms with Crippen molar-refractivity contribution in [2.45, 2.75) is 6.04 Å². The zero-order valence-corrected chi connectivity index (χ0v) is 13.0. The Kier molecular flexibility index (Phi) is 4.69. The number of carbonyl (C=O) groups is 1. The summed E-state index contributed by atoms with van der Waals surface area (Å²) in [6, 6.07) is 7.15. The molecule has 4 nitrogen and oxygen atoms in total. The second kappa shape index (κ2) is 6.32. The van der Waals surface area contributed by atoms with Gasteiger partial charge in [0.25, 0.3) is 0 Å². The summed E-state index contributed by atoms with van der Waals surface area (Å²) >= 11 is 9.14. The monoisotopic (exact) mass is 372 g/mol. The lowest BCUT2D eigenvalue weighted by molar-refractivity contribution is -0.118. The van der Waals surface area contributed by atoms with E-state index in [2.05, 4.69) is 21.2 Å². The molecule has 0 aromatic heterocycles. The predicted molar refractivity (Wildman–Crippen MR) is 82.8 cm³/mol. The fraction of sp³-hybridized carbons (Fsp3) is 0.0714. The van der Waals surface area contributed by atoms with E-state index in [9.17, 15) is 14.3 Å². The number of phenols is 1. The van der Waals surface area contributed by atoms with E-state index in [0.29, 0.717) is 15.2 Å². The van der Waals surface area contributed by atoms with Crippen LogP contribution in [0.2, 0.25) is 5.02 Å². The Morgan fingerprint density at radius 2 is 2.05 bits per heavy atom. The van der Waals surface area contributed by atoms with Crippen molar-refractivity contribution >= 4 is 39.1 Å². The Bertz CT molecular complexity index is 697. The van der Waals surface area contributed by atoms with Crippen molar-refractivity contribution in [2.75, 3.05) is 5.32 Å². The highest BCUT2D eigenvalue weighted by Gasteiger charge is 2.22. The van der Waals surface area contributed by atoms with Gasteiger partial charge in [-0.05, 0) is 52.3 Å². The molecule has 0 aliphatic carbocycles. The number of phenolic OH excluding ortho intramolecular Hbond substituents is 1. The number of rotatable bonds is 4. The summed E-state index contributed by atoms with van der Waals surface area (Å²) in [5.74, 6) is -1.55. The average Bonchev–Trinajstić information content (AvgIpc) is 2.42. The summed E-state index contributed by atoms with van der Waals surface area (Å²) < 4.78 is 13.9. The molecular weight excluding hydrogens is 363 g/mol. The lowest BCUT2D eigenvalue weighted by atomic mass is 10.0. The highest BCUT2D eigenvalue weighted by atomic mass is 79.9. The van der Waals surface area contributed by atoms with Crippen molar-refractivity contribution in [3.8, 4) is 5.75 Å². The number of benzene rings is 2. The summed E-state index contributed by atoms with van der Waals surface area (Å²) in [5.41, 5.74) is 5.93. The third kappa shape index (κ3) is 3.65. The number of nitrogens with one attached hydrogen (secondary N) is 1. The van der Waals surface area contributed by atoms with Crippen molar-refractivity contribution in [1.29, 1.82) is 0 Å². The Balaban J connectivity index is 2.37. The molecule has 4 N–H and O–H groups in total. The van der Waals surface area contributed by atoms with Gasteiger partial charge in [-0.3, -0.25) is 4.79 Å². The van der Waals surface area contributed by atoms with Crippen molar-refractivity contribution in [1.82, 2.24) is 0 Å². The van der Waals surface area contributed by atoms with Crippen LogP contribution in [-0.2, 0) is 4.79 Å². The lowest BCUT2D eigenvalue weighted by Crippen LogP contribution is -2.27. The lowest BCUT2D eigenvalue weighted by Gasteiger charge is -2.18.